The summed E-state index contributed by atoms with van der Waals surface area (Å²) >= 11 is 0. The van der Waals surface area contributed by atoms with Crippen LogP contribution in [-0.4, -0.2) is 24.1 Å². The normalized spacial score (nSPS) is 28.8. The van der Waals surface area contributed by atoms with Crippen molar-refractivity contribution < 1.29 is 19.1 Å². The van der Waals surface area contributed by atoms with Gasteiger partial charge in [-0.25, -0.2) is 0 Å². The molecule has 0 aromatic rings. The van der Waals surface area contributed by atoms with Gasteiger partial charge in [0.05, 0.1) is 17.6 Å². The molecule has 250 valence electrons. The molecule has 5 nitrogen and oxygen atoms in total. The molecule has 0 unspecified atom stereocenters. The molecule has 0 aromatic carbocycles. The van der Waals surface area contributed by atoms with Crippen molar-refractivity contribution in [3.63, 3.8) is 0 Å². The van der Waals surface area contributed by atoms with Crippen molar-refractivity contribution in [2.75, 3.05) is 6.61 Å². The van der Waals surface area contributed by atoms with Gasteiger partial charge in [0.1, 0.15) is 11.9 Å². The number of ketones is 2. The lowest BCUT2D eigenvalue weighted by Crippen LogP contribution is -2.60. The first-order valence-electron chi connectivity index (χ1n) is 17.2. The number of nitriles is 1. The van der Waals surface area contributed by atoms with Crippen LogP contribution in [0.25, 0.3) is 0 Å². The Labute approximate surface area is 270 Å². The number of allylic oxidation sites excluding steroid dienone is 2. The van der Waals surface area contributed by atoms with Crippen LogP contribution in [0.15, 0.2) is 11.6 Å². The Morgan fingerprint density at radius 1 is 0.955 bits per heavy atom. The van der Waals surface area contributed by atoms with Crippen LogP contribution in [0, 0.1) is 61.1 Å². The van der Waals surface area contributed by atoms with E-state index in [-0.39, 0.29) is 56.6 Å². The van der Waals surface area contributed by atoms with Crippen LogP contribution < -0.4 is 0 Å². The van der Waals surface area contributed by atoms with E-state index in [1.54, 1.807) is 6.92 Å². The second-order valence-electron chi connectivity index (χ2n) is 18.5. The molecule has 0 N–H and O–H groups in total. The zero-order valence-electron chi connectivity index (χ0n) is 30.9. The van der Waals surface area contributed by atoms with Crippen LogP contribution >= 0.6 is 0 Å². The zero-order chi connectivity index (χ0) is 34.2. The maximum absolute atomic E-state index is 13.3. The summed E-state index contributed by atoms with van der Waals surface area (Å²) in [6.45, 7) is 30.2. The molecular formula is C39H65NO4. The lowest BCUT2D eigenvalue weighted by molar-refractivity contribution is -0.159. The lowest BCUT2D eigenvalue weighted by Gasteiger charge is -2.64. The number of hydrogen-bond donors (Lipinski definition) is 0. The van der Waals surface area contributed by atoms with E-state index in [1.165, 1.54) is 0 Å². The minimum absolute atomic E-state index is 0.00885. The van der Waals surface area contributed by atoms with Crippen LogP contribution in [0.4, 0.5) is 0 Å². The maximum Gasteiger partial charge on any atom is 0.311 e. The van der Waals surface area contributed by atoms with Crippen molar-refractivity contribution in [3.05, 3.63) is 11.6 Å². The Bertz CT molecular complexity index is 1160. The molecule has 2 rings (SSSR count). The van der Waals surface area contributed by atoms with Gasteiger partial charge in [-0.2, -0.15) is 5.26 Å². The van der Waals surface area contributed by atoms with Gasteiger partial charge in [-0.1, -0.05) is 81.7 Å². The highest BCUT2D eigenvalue weighted by Gasteiger charge is 2.63. The fourth-order valence-electron chi connectivity index (χ4n) is 8.77. The second-order valence-corrected chi connectivity index (χ2v) is 18.5. The molecule has 0 saturated heterocycles. The number of carbonyl (C=O) groups excluding carboxylic acids is 3. The van der Waals surface area contributed by atoms with Crippen molar-refractivity contribution >= 4 is 17.5 Å². The Balaban J connectivity index is 2.50. The molecule has 44 heavy (non-hydrogen) atoms. The monoisotopic (exact) mass is 611 g/mol. The maximum atomic E-state index is 13.3. The average molecular weight is 612 g/mol. The smallest absolute Gasteiger partial charge is 0.311 e. The van der Waals surface area contributed by atoms with Gasteiger partial charge in [0, 0.05) is 17.3 Å². The molecule has 0 aromatic heterocycles. The van der Waals surface area contributed by atoms with E-state index >= 15 is 0 Å². The Kier molecular flexibility index (Phi) is 11.3. The molecule has 0 heterocycles. The van der Waals surface area contributed by atoms with Gasteiger partial charge in [0.15, 0.2) is 5.78 Å². The summed E-state index contributed by atoms with van der Waals surface area (Å²) in [5.41, 5.74) is -1.72. The summed E-state index contributed by atoms with van der Waals surface area (Å²) in [7, 11) is 0. The SMILES string of the molecule is CCCC(C)(C)CC[C@@](C)(CCC(C)(C)[C@]1(C)CC[C@H]2C(C)(C)C(=O)C(C#N)=C[C@]2(C)[C@H]1CC(C)=O)COC(=O)C(C)(C)C. The molecule has 2 aliphatic carbocycles. The first-order chi connectivity index (χ1) is 19.8. The number of carbonyl (C=O) groups is 3. The molecule has 1 fully saturated rings. The van der Waals surface area contributed by atoms with Crippen LogP contribution in [0.2, 0.25) is 0 Å². The first-order valence-corrected chi connectivity index (χ1v) is 17.2. The van der Waals surface area contributed by atoms with E-state index in [4.69, 9.17) is 4.74 Å². The number of rotatable bonds is 13. The standard InChI is InChI=1S/C39H65NO4/c1-15-17-34(6,7)19-21-37(12,26-44-32(43)33(3,4)5)22-20-35(8,9)39(14)18-16-29-36(10,11)31(42)28(25-40)24-38(29,13)30(39)23-27(2)41/h24,29-30H,15-23,26H2,1-14H3/t29-,30+,37-,38-,39+/m0/s1. The lowest BCUT2D eigenvalue weighted by atomic mass is 9.39. The number of esters is 1. The molecule has 0 aliphatic heterocycles. The second kappa shape index (κ2) is 13.0. The summed E-state index contributed by atoms with van der Waals surface area (Å²) in [5, 5.41) is 9.97. The molecule has 0 radical (unpaired) electrons. The van der Waals surface area contributed by atoms with Crippen molar-refractivity contribution in [1.29, 1.82) is 5.26 Å². The van der Waals surface area contributed by atoms with Crippen LogP contribution in [0.5, 0.6) is 0 Å². The molecule has 1 saturated carbocycles. The van der Waals surface area contributed by atoms with Gasteiger partial charge in [-0.05, 0) is 106 Å². The Hall–Kier alpha value is -1.96. The fraction of sp³-hybridized carbons (Fsp3) is 0.846. The highest BCUT2D eigenvalue weighted by Crippen LogP contribution is 2.68. The van der Waals surface area contributed by atoms with Gasteiger partial charge >= 0.3 is 5.97 Å². The van der Waals surface area contributed by atoms with E-state index in [0.29, 0.717) is 13.0 Å². The van der Waals surface area contributed by atoms with Gasteiger partial charge in [-0.3, -0.25) is 9.59 Å². The van der Waals surface area contributed by atoms with Crippen molar-refractivity contribution in [2.45, 2.75) is 155 Å². The molecule has 0 spiro atoms. The van der Waals surface area contributed by atoms with Crippen molar-refractivity contribution in [3.8, 4) is 6.07 Å². The van der Waals surface area contributed by atoms with E-state index in [1.807, 2.05) is 40.7 Å². The van der Waals surface area contributed by atoms with E-state index in [2.05, 4.69) is 61.5 Å². The molecule has 0 bridgehead atoms. The molecule has 5 atom stereocenters. The summed E-state index contributed by atoms with van der Waals surface area (Å²) in [5.74, 6) is -0.0257. The number of nitrogens with zero attached hydrogens (tertiary/aromatic N) is 1. The van der Waals surface area contributed by atoms with Gasteiger partial charge in [0.2, 0.25) is 0 Å². The highest BCUT2D eigenvalue weighted by atomic mass is 16.5. The van der Waals surface area contributed by atoms with E-state index in [0.717, 1.165) is 51.4 Å². The Morgan fingerprint density at radius 3 is 2.02 bits per heavy atom. The number of Topliss-reactive ketones (excluding diaryl/α,β-unsaturated/α-hetero) is 2. The molecule has 5 heteroatoms. The predicted molar refractivity (Wildman–Crippen MR) is 180 cm³/mol. The van der Waals surface area contributed by atoms with Crippen LogP contribution in [0.1, 0.15) is 155 Å². The van der Waals surface area contributed by atoms with Gasteiger partial charge < -0.3 is 9.53 Å². The summed E-state index contributed by atoms with van der Waals surface area (Å²) in [4.78, 5) is 39.1. The molecule has 2 aliphatic rings. The third kappa shape index (κ3) is 7.87. The van der Waals surface area contributed by atoms with Crippen molar-refractivity contribution in [1.82, 2.24) is 0 Å². The summed E-state index contributed by atoms with van der Waals surface area (Å²) in [6.07, 6.45) is 10.4. The van der Waals surface area contributed by atoms with E-state index in [9.17, 15) is 19.6 Å². The molecule has 0 amide bonds. The first kappa shape index (κ1) is 38.2. The number of fused-ring (bicyclic) bond motifs is 1. The third-order valence-electron chi connectivity index (χ3n) is 12.4. The van der Waals surface area contributed by atoms with Gasteiger partial charge in [-0.15, -0.1) is 0 Å². The topological polar surface area (TPSA) is 84.2 Å². The summed E-state index contributed by atoms with van der Waals surface area (Å²) in [6, 6.07) is 2.21. The van der Waals surface area contributed by atoms with Crippen molar-refractivity contribution in [2.24, 2.45) is 49.7 Å². The zero-order valence-corrected chi connectivity index (χ0v) is 30.9. The number of ether oxygens (including phenoxy) is 1. The van der Waals surface area contributed by atoms with E-state index < -0.39 is 16.2 Å². The Morgan fingerprint density at radius 2 is 1.52 bits per heavy atom. The summed E-state index contributed by atoms with van der Waals surface area (Å²) < 4.78 is 6.00. The third-order valence-corrected chi connectivity index (χ3v) is 12.4. The predicted octanol–water partition coefficient (Wildman–Crippen LogP) is 10.1. The van der Waals surface area contributed by atoms with Crippen LogP contribution in [-0.2, 0) is 19.1 Å². The minimum Gasteiger partial charge on any atom is -0.465 e. The quantitative estimate of drug-likeness (QED) is 0.193. The van der Waals surface area contributed by atoms with Gasteiger partial charge in [0.25, 0.3) is 0 Å². The largest absolute Gasteiger partial charge is 0.465 e. The number of hydrogen-bond acceptors (Lipinski definition) is 5. The van der Waals surface area contributed by atoms with Crippen LogP contribution in [0.3, 0.4) is 0 Å². The fourth-order valence-corrected chi connectivity index (χ4v) is 8.77. The molecular weight excluding hydrogens is 546 g/mol. The minimum atomic E-state index is -0.657. The highest BCUT2D eigenvalue weighted by molar-refractivity contribution is 6.04. The average Bonchev–Trinajstić information content (AvgIpc) is 2.89.